The van der Waals surface area contributed by atoms with Crippen LogP contribution in [-0.2, 0) is 4.79 Å². The maximum atomic E-state index is 11.8. The van der Waals surface area contributed by atoms with Crippen LogP contribution >= 0.6 is 0 Å². The monoisotopic (exact) mass is 256 g/mol. The van der Waals surface area contributed by atoms with E-state index in [0.717, 1.165) is 12.8 Å². The second kappa shape index (κ2) is 6.61. The minimum atomic E-state index is -0.881. The lowest BCUT2D eigenvalue weighted by Gasteiger charge is -2.34. The predicted octanol–water partition coefficient (Wildman–Crippen LogP) is 2.07. The Kier molecular flexibility index (Phi) is 5.44. The summed E-state index contributed by atoms with van der Waals surface area (Å²) in [5.41, 5.74) is 0.210. The van der Waals surface area contributed by atoms with Gasteiger partial charge in [-0.3, -0.25) is 4.79 Å². The molecule has 1 rings (SSSR count). The van der Waals surface area contributed by atoms with Gasteiger partial charge in [-0.05, 0) is 18.3 Å². The number of carboxylic acid groups (broad SMARTS) is 1. The van der Waals surface area contributed by atoms with Crippen molar-refractivity contribution in [2.24, 2.45) is 5.41 Å². The van der Waals surface area contributed by atoms with Crippen molar-refractivity contribution in [1.29, 1.82) is 0 Å². The van der Waals surface area contributed by atoms with Crippen molar-refractivity contribution in [3.63, 3.8) is 0 Å². The molecular weight excluding hydrogens is 232 g/mol. The average Bonchev–Trinajstić information content (AvgIpc) is 2.34. The molecule has 1 saturated carbocycles. The molecule has 0 saturated heterocycles. The van der Waals surface area contributed by atoms with Crippen molar-refractivity contribution in [2.45, 2.75) is 45.4 Å². The molecule has 0 aromatic heterocycles. The molecule has 1 aliphatic rings. The van der Waals surface area contributed by atoms with Crippen molar-refractivity contribution in [3.8, 4) is 0 Å². The highest BCUT2D eigenvalue weighted by Gasteiger charge is 2.27. The molecule has 0 heterocycles. The third-order valence-corrected chi connectivity index (χ3v) is 3.73. The molecule has 5 nitrogen and oxygen atoms in total. The molecule has 5 heteroatoms. The van der Waals surface area contributed by atoms with Crippen molar-refractivity contribution in [3.05, 3.63) is 0 Å². The number of nitrogens with zero attached hydrogens (tertiary/aromatic N) is 1. The van der Waals surface area contributed by atoms with Crippen LogP contribution < -0.4 is 5.32 Å². The fourth-order valence-electron chi connectivity index (χ4n) is 2.37. The number of carbonyl (C=O) groups is 2. The molecule has 1 fully saturated rings. The Labute approximate surface area is 109 Å². The van der Waals surface area contributed by atoms with Gasteiger partial charge in [0.2, 0.25) is 0 Å². The molecule has 104 valence electrons. The van der Waals surface area contributed by atoms with Crippen LogP contribution in [0.2, 0.25) is 0 Å². The fraction of sp³-hybridized carbons (Fsp3) is 0.846. The van der Waals surface area contributed by atoms with Gasteiger partial charge in [-0.25, -0.2) is 4.79 Å². The lowest BCUT2D eigenvalue weighted by atomic mass is 9.76. The molecule has 18 heavy (non-hydrogen) atoms. The summed E-state index contributed by atoms with van der Waals surface area (Å²) in [5, 5.41) is 11.5. The fourth-order valence-corrected chi connectivity index (χ4v) is 2.37. The molecule has 0 bridgehead atoms. The van der Waals surface area contributed by atoms with Gasteiger partial charge in [-0.15, -0.1) is 0 Å². The van der Waals surface area contributed by atoms with Crippen LogP contribution in [0.15, 0.2) is 0 Å². The molecule has 2 amide bonds. The Balaban J connectivity index is 2.28. The Morgan fingerprint density at radius 2 is 1.89 bits per heavy atom. The normalized spacial score (nSPS) is 18.1. The van der Waals surface area contributed by atoms with Gasteiger partial charge < -0.3 is 15.3 Å². The number of amides is 2. The van der Waals surface area contributed by atoms with Crippen LogP contribution in [0.4, 0.5) is 4.79 Å². The molecule has 1 aliphatic carbocycles. The predicted molar refractivity (Wildman–Crippen MR) is 69.5 cm³/mol. The molecule has 0 spiro atoms. The summed E-state index contributed by atoms with van der Waals surface area (Å²) >= 11 is 0. The van der Waals surface area contributed by atoms with Crippen molar-refractivity contribution in [2.75, 3.05) is 20.1 Å². The molecule has 0 aromatic carbocycles. The largest absolute Gasteiger partial charge is 0.481 e. The zero-order valence-corrected chi connectivity index (χ0v) is 11.4. The second-order valence-electron chi connectivity index (χ2n) is 5.60. The quantitative estimate of drug-likeness (QED) is 0.791. The van der Waals surface area contributed by atoms with Crippen LogP contribution in [0.3, 0.4) is 0 Å². The van der Waals surface area contributed by atoms with Gasteiger partial charge in [0.05, 0.1) is 6.42 Å². The van der Waals surface area contributed by atoms with Crippen LogP contribution in [0.1, 0.15) is 45.4 Å². The number of nitrogens with one attached hydrogen (secondary N) is 1. The van der Waals surface area contributed by atoms with Gasteiger partial charge >= 0.3 is 12.0 Å². The third-order valence-electron chi connectivity index (χ3n) is 3.73. The zero-order valence-electron chi connectivity index (χ0n) is 11.4. The van der Waals surface area contributed by atoms with E-state index in [4.69, 9.17) is 5.11 Å². The van der Waals surface area contributed by atoms with E-state index in [-0.39, 0.29) is 24.4 Å². The van der Waals surface area contributed by atoms with E-state index in [1.54, 1.807) is 7.05 Å². The summed E-state index contributed by atoms with van der Waals surface area (Å²) in [5.74, 6) is -0.881. The van der Waals surface area contributed by atoms with Crippen LogP contribution in [0.25, 0.3) is 0 Å². The zero-order chi connectivity index (χ0) is 13.6. The Bertz CT molecular complexity index is 299. The SMILES string of the molecule is CN(CCC(=O)O)C(=O)NCC1(C)CCCCC1. The summed E-state index contributed by atoms with van der Waals surface area (Å²) in [6.45, 7) is 3.14. The lowest BCUT2D eigenvalue weighted by Crippen LogP contribution is -2.43. The van der Waals surface area contributed by atoms with Gasteiger partial charge in [0.15, 0.2) is 0 Å². The van der Waals surface area contributed by atoms with E-state index in [9.17, 15) is 9.59 Å². The molecule has 0 atom stereocenters. The highest BCUT2D eigenvalue weighted by atomic mass is 16.4. The topological polar surface area (TPSA) is 69.6 Å². The number of hydrogen-bond acceptors (Lipinski definition) is 2. The second-order valence-corrected chi connectivity index (χ2v) is 5.60. The molecule has 2 N–H and O–H groups in total. The van der Waals surface area contributed by atoms with Gasteiger partial charge in [-0.1, -0.05) is 26.2 Å². The standard InChI is InChI=1S/C13H24N2O3/c1-13(7-4-3-5-8-13)10-14-12(18)15(2)9-6-11(16)17/h3-10H2,1-2H3,(H,14,18)(H,16,17). The summed E-state index contributed by atoms with van der Waals surface area (Å²) in [6.07, 6.45) is 6.07. The first kappa shape index (κ1) is 14.8. The number of urea groups is 1. The Morgan fingerprint density at radius 1 is 1.28 bits per heavy atom. The van der Waals surface area contributed by atoms with Gasteiger partial charge in [0.25, 0.3) is 0 Å². The van der Waals surface area contributed by atoms with Gasteiger partial charge in [-0.2, -0.15) is 0 Å². The molecule has 0 aliphatic heterocycles. The highest BCUT2D eigenvalue weighted by Crippen LogP contribution is 2.34. The Morgan fingerprint density at radius 3 is 2.44 bits per heavy atom. The number of rotatable bonds is 5. The van der Waals surface area contributed by atoms with Crippen molar-refractivity contribution >= 4 is 12.0 Å². The van der Waals surface area contributed by atoms with Crippen molar-refractivity contribution < 1.29 is 14.7 Å². The average molecular weight is 256 g/mol. The van der Waals surface area contributed by atoms with E-state index in [2.05, 4.69) is 12.2 Å². The first-order chi connectivity index (χ1) is 8.43. The number of carboxylic acids is 1. The summed E-state index contributed by atoms with van der Waals surface area (Å²) in [7, 11) is 1.63. The number of hydrogen-bond donors (Lipinski definition) is 2. The lowest BCUT2D eigenvalue weighted by molar-refractivity contribution is -0.137. The highest BCUT2D eigenvalue weighted by molar-refractivity contribution is 5.75. The minimum Gasteiger partial charge on any atom is -0.481 e. The summed E-state index contributed by atoms with van der Waals surface area (Å²) in [6, 6.07) is -0.178. The van der Waals surface area contributed by atoms with Crippen molar-refractivity contribution in [1.82, 2.24) is 10.2 Å². The summed E-state index contributed by atoms with van der Waals surface area (Å²) < 4.78 is 0. The third kappa shape index (κ3) is 4.94. The van der Waals surface area contributed by atoms with Gasteiger partial charge in [0.1, 0.15) is 0 Å². The maximum absolute atomic E-state index is 11.8. The number of aliphatic carboxylic acids is 1. The van der Waals surface area contributed by atoms with E-state index < -0.39 is 5.97 Å². The van der Waals surface area contributed by atoms with E-state index >= 15 is 0 Å². The van der Waals surface area contributed by atoms with E-state index in [0.29, 0.717) is 6.54 Å². The summed E-state index contributed by atoms with van der Waals surface area (Å²) in [4.78, 5) is 23.6. The van der Waals surface area contributed by atoms with E-state index in [1.165, 1.54) is 24.2 Å². The molecular formula is C13H24N2O3. The molecule has 0 aromatic rings. The molecule has 0 radical (unpaired) electrons. The van der Waals surface area contributed by atoms with Crippen LogP contribution in [0.5, 0.6) is 0 Å². The van der Waals surface area contributed by atoms with Crippen LogP contribution in [0, 0.1) is 5.41 Å². The minimum absolute atomic E-state index is 0.0127. The molecule has 0 unspecified atom stereocenters. The maximum Gasteiger partial charge on any atom is 0.317 e. The van der Waals surface area contributed by atoms with Gasteiger partial charge in [0, 0.05) is 20.1 Å². The number of carbonyl (C=O) groups excluding carboxylic acids is 1. The Hall–Kier alpha value is -1.26. The first-order valence-electron chi connectivity index (χ1n) is 6.64. The van der Waals surface area contributed by atoms with E-state index in [1.807, 2.05) is 0 Å². The van der Waals surface area contributed by atoms with Crippen LogP contribution in [-0.4, -0.2) is 42.1 Å². The first-order valence-corrected chi connectivity index (χ1v) is 6.64. The smallest absolute Gasteiger partial charge is 0.317 e.